The van der Waals surface area contributed by atoms with Crippen LogP contribution in [0.15, 0.2) is 54.6 Å². The van der Waals surface area contributed by atoms with Crippen molar-refractivity contribution >= 4 is 45.5 Å². The summed E-state index contributed by atoms with van der Waals surface area (Å²) in [5.41, 5.74) is 0.956. The first-order chi connectivity index (χ1) is 11.6. The summed E-state index contributed by atoms with van der Waals surface area (Å²) in [5.74, 6) is -0.465. The van der Waals surface area contributed by atoms with Gasteiger partial charge in [-0.05, 0) is 28.5 Å². The summed E-state index contributed by atoms with van der Waals surface area (Å²) in [6, 6.07) is 17.2. The third-order valence-electron chi connectivity index (χ3n) is 3.67. The maximum Gasteiger partial charge on any atom is 0.306 e. The summed E-state index contributed by atoms with van der Waals surface area (Å²) in [6.07, 6.45) is 0.199. The number of esters is 1. The van der Waals surface area contributed by atoms with Crippen molar-refractivity contribution in [2.45, 2.75) is 19.4 Å². The molecule has 24 heavy (non-hydrogen) atoms. The fourth-order valence-electron chi connectivity index (χ4n) is 2.45. The summed E-state index contributed by atoms with van der Waals surface area (Å²) >= 11 is 7.03. The SMILES string of the molecule is O=C(CCC(=O)c1ccc(Cl)s1)OCc1cccc2ccccc12. The molecule has 0 atom stereocenters. The van der Waals surface area contributed by atoms with E-state index < -0.39 is 0 Å². The number of rotatable bonds is 6. The average molecular weight is 359 g/mol. The fraction of sp³-hybridized carbons (Fsp3) is 0.158. The Morgan fingerprint density at radius 2 is 1.75 bits per heavy atom. The van der Waals surface area contributed by atoms with Crippen LogP contribution < -0.4 is 0 Å². The molecular weight excluding hydrogens is 344 g/mol. The van der Waals surface area contributed by atoms with Crippen molar-refractivity contribution in [1.29, 1.82) is 0 Å². The standard InChI is InChI=1S/C19H15ClO3S/c20-18-10-9-17(24-18)16(21)8-11-19(22)23-12-14-6-3-5-13-4-1-2-7-15(13)14/h1-7,9-10H,8,11-12H2. The molecule has 0 saturated carbocycles. The molecule has 0 amide bonds. The summed E-state index contributed by atoms with van der Waals surface area (Å²) in [4.78, 5) is 24.4. The van der Waals surface area contributed by atoms with Crippen LogP contribution in [0.1, 0.15) is 28.1 Å². The van der Waals surface area contributed by atoms with Gasteiger partial charge in [-0.2, -0.15) is 0 Å². The molecule has 0 saturated heterocycles. The zero-order chi connectivity index (χ0) is 16.9. The van der Waals surface area contributed by atoms with Crippen LogP contribution in [0, 0.1) is 0 Å². The number of halogens is 1. The van der Waals surface area contributed by atoms with Crippen LogP contribution in [0.2, 0.25) is 4.34 Å². The number of thiophene rings is 1. The van der Waals surface area contributed by atoms with Crippen LogP contribution in [-0.2, 0) is 16.1 Å². The zero-order valence-electron chi connectivity index (χ0n) is 12.8. The second-order valence-corrected chi connectivity index (χ2v) is 7.04. The predicted molar refractivity (Wildman–Crippen MR) is 96.6 cm³/mol. The van der Waals surface area contributed by atoms with Gasteiger partial charge in [0.25, 0.3) is 0 Å². The van der Waals surface area contributed by atoms with E-state index in [0.29, 0.717) is 9.21 Å². The molecule has 0 fully saturated rings. The van der Waals surface area contributed by atoms with Crippen molar-refractivity contribution < 1.29 is 14.3 Å². The Labute approximate surface area is 148 Å². The van der Waals surface area contributed by atoms with Crippen LogP contribution >= 0.6 is 22.9 Å². The topological polar surface area (TPSA) is 43.4 Å². The van der Waals surface area contributed by atoms with Crippen molar-refractivity contribution in [3.05, 3.63) is 69.4 Å². The van der Waals surface area contributed by atoms with Crippen molar-refractivity contribution in [1.82, 2.24) is 0 Å². The van der Waals surface area contributed by atoms with E-state index in [1.807, 2.05) is 42.5 Å². The molecule has 3 aromatic rings. The van der Waals surface area contributed by atoms with Gasteiger partial charge in [-0.15, -0.1) is 11.3 Å². The first kappa shape index (κ1) is 16.7. The van der Waals surface area contributed by atoms with Crippen LogP contribution in [-0.4, -0.2) is 11.8 Å². The van der Waals surface area contributed by atoms with Crippen molar-refractivity contribution in [2.24, 2.45) is 0 Å². The Kier molecular flexibility index (Phi) is 5.28. The first-order valence-electron chi connectivity index (χ1n) is 7.54. The van der Waals surface area contributed by atoms with Gasteiger partial charge in [0.05, 0.1) is 15.6 Å². The molecule has 122 valence electrons. The van der Waals surface area contributed by atoms with Gasteiger partial charge in [0.2, 0.25) is 0 Å². The highest BCUT2D eigenvalue weighted by Gasteiger charge is 2.12. The highest BCUT2D eigenvalue weighted by Crippen LogP contribution is 2.23. The maximum absolute atomic E-state index is 12.0. The van der Waals surface area contributed by atoms with Gasteiger partial charge in [0, 0.05) is 6.42 Å². The molecule has 3 rings (SSSR count). The number of Topliss-reactive ketones (excluding diaryl/α,β-unsaturated/α-hetero) is 1. The van der Waals surface area contributed by atoms with E-state index in [-0.39, 0.29) is 31.2 Å². The molecule has 0 aliphatic carbocycles. The number of carbonyl (C=O) groups excluding carboxylic acids is 2. The smallest absolute Gasteiger partial charge is 0.306 e. The monoisotopic (exact) mass is 358 g/mol. The van der Waals surface area contributed by atoms with E-state index in [2.05, 4.69) is 0 Å². The van der Waals surface area contributed by atoms with Crippen LogP contribution in [0.3, 0.4) is 0 Å². The van der Waals surface area contributed by atoms with Crippen molar-refractivity contribution in [3.63, 3.8) is 0 Å². The number of hydrogen-bond acceptors (Lipinski definition) is 4. The normalized spacial score (nSPS) is 10.7. The third-order valence-corrected chi connectivity index (χ3v) is 4.95. The van der Waals surface area contributed by atoms with E-state index in [1.54, 1.807) is 12.1 Å². The lowest BCUT2D eigenvalue weighted by Gasteiger charge is -2.08. The van der Waals surface area contributed by atoms with Gasteiger partial charge in [0.1, 0.15) is 6.61 Å². The largest absolute Gasteiger partial charge is 0.461 e. The minimum atomic E-state index is -0.376. The van der Waals surface area contributed by atoms with E-state index in [1.165, 1.54) is 11.3 Å². The van der Waals surface area contributed by atoms with Crippen LogP contribution in [0.25, 0.3) is 10.8 Å². The molecule has 3 nitrogen and oxygen atoms in total. The highest BCUT2D eigenvalue weighted by molar-refractivity contribution is 7.18. The summed E-state index contributed by atoms with van der Waals surface area (Å²) in [7, 11) is 0. The average Bonchev–Trinajstić information content (AvgIpc) is 3.04. The Balaban J connectivity index is 1.54. The number of ether oxygens (including phenoxy) is 1. The summed E-state index contributed by atoms with van der Waals surface area (Å²) in [5, 5.41) is 2.17. The van der Waals surface area contributed by atoms with Gasteiger partial charge in [-0.25, -0.2) is 0 Å². The molecule has 0 N–H and O–H groups in total. The molecule has 0 aliphatic heterocycles. The van der Waals surface area contributed by atoms with E-state index in [4.69, 9.17) is 16.3 Å². The first-order valence-corrected chi connectivity index (χ1v) is 8.74. The van der Waals surface area contributed by atoms with Crippen LogP contribution in [0.5, 0.6) is 0 Å². The lowest BCUT2D eigenvalue weighted by Crippen LogP contribution is -2.07. The highest BCUT2D eigenvalue weighted by atomic mass is 35.5. The summed E-state index contributed by atoms with van der Waals surface area (Å²) < 4.78 is 5.88. The van der Waals surface area contributed by atoms with Gasteiger partial charge >= 0.3 is 5.97 Å². The van der Waals surface area contributed by atoms with Crippen molar-refractivity contribution in [2.75, 3.05) is 0 Å². The molecule has 0 radical (unpaired) electrons. The number of fused-ring (bicyclic) bond motifs is 1. The van der Waals surface area contributed by atoms with Gasteiger partial charge in [0.15, 0.2) is 5.78 Å². The Hall–Kier alpha value is -2.17. The zero-order valence-corrected chi connectivity index (χ0v) is 14.4. The third kappa shape index (κ3) is 4.02. The Bertz CT molecular complexity index is 880. The predicted octanol–water partition coefficient (Wildman–Crippen LogP) is 5.26. The maximum atomic E-state index is 12.0. The lowest BCUT2D eigenvalue weighted by molar-refractivity contribution is -0.144. The lowest BCUT2D eigenvalue weighted by atomic mass is 10.1. The molecule has 0 aliphatic rings. The number of hydrogen-bond donors (Lipinski definition) is 0. The van der Waals surface area contributed by atoms with Crippen LogP contribution in [0.4, 0.5) is 0 Å². The number of carbonyl (C=O) groups is 2. The fourth-order valence-corrected chi connectivity index (χ4v) is 3.46. The molecule has 0 unspecified atom stereocenters. The molecule has 1 aromatic heterocycles. The molecule has 0 spiro atoms. The minimum absolute atomic E-state index is 0.0686. The van der Waals surface area contributed by atoms with Gasteiger partial charge in [-0.3, -0.25) is 9.59 Å². The second kappa shape index (κ2) is 7.60. The van der Waals surface area contributed by atoms with E-state index >= 15 is 0 Å². The van der Waals surface area contributed by atoms with Gasteiger partial charge in [-0.1, -0.05) is 54.1 Å². The van der Waals surface area contributed by atoms with E-state index in [0.717, 1.165) is 16.3 Å². The summed E-state index contributed by atoms with van der Waals surface area (Å²) in [6.45, 7) is 0.208. The molecule has 2 aromatic carbocycles. The second-order valence-electron chi connectivity index (χ2n) is 5.33. The molecular formula is C19H15ClO3S. The van der Waals surface area contributed by atoms with Crippen molar-refractivity contribution in [3.8, 4) is 0 Å². The Morgan fingerprint density at radius 3 is 2.54 bits per heavy atom. The molecule has 5 heteroatoms. The Morgan fingerprint density at radius 1 is 0.958 bits per heavy atom. The minimum Gasteiger partial charge on any atom is -0.461 e. The van der Waals surface area contributed by atoms with E-state index in [9.17, 15) is 9.59 Å². The molecule has 0 bridgehead atoms. The van der Waals surface area contributed by atoms with Gasteiger partial charge < -0.3 is 4.74 Å². The molecule has 1 heterocycles. The number of ketones is 1. The quantitative estimate of drug-likeness (QED) is 0.446. The number of benzene rings is 2.